The molecule has 0 aliphatic carbocycles. The number of carbonyl (C=O) groups excluding carboxylic acids is 1. The molecule has 0 bridgehead atoms. The molecule has 1 aromatic carbocycles. The molecule has 1 amide bonds. The van der Waals surface area contributed by atoms with Crippen molar-refractivity contribution in [3.05, 3.63) is 39.9 Å². The highest BCUT2D eigenvalue weighted by Gasteiger charge is 2.13. The van der Waals surface area contributed by atoms with Crippen LogP contribution in [0.4, 0.5) is 5.69 Å². The Labute approximate surface area is 112 Å². The number of carbonyl (C=O) groups is 1. The normalized spacial score (nSPS) is 13.6. The van der Waals surface area contributed by atoms with Gasteiger partial charge in [0.2, 0.25) is 5.91 Å². The lowest BCUT2D eigenvalue weighted by Crippen LogP contribution is -2.28. The van der Waals surface area contributed by atoms with E-state index in [9.17, 15) is 14.9 Å². The van der Waals surface area contributed by atoms with Gasteiger partial charge in [0.15, 0.2) is 0 Å². The summed E-state index contributed by atoms with van der Waals surface area (Å²) >= 11 is 0. The standard InChI is InChI=1S/C13H19N3O3/c1-9(14)6-7-13(17)15-10(2)11-4-3-5-12(8-11)16(18)19/h3-5,8-10H,6-7,14H2,1-2H3,(H,15,17). The van der Waals surface area contributed by atoms with Gasteiger partial charge in [-0.15, -0.1) is 0 Å². The number of amides is 1. The number of rotatable bonds is 6. The second-order valence-electron chi connectivity index (χ2n) is 4.66. The number of benzene rings is 1. The lowest BCUT2D eigenvalue weighted by molar-refractivity contribution is -0.384. The molecule has 0 radical (unpaired) electrons. The Morgan fingerprint density at radius 2 is 2.16 bits per heavy atom. The van der Waals surface area contributed by atoms with E-state index in [4.69, 9.17) is 5.73 Å². The minimum absolute atomic E-state index is 0.0149. The predicted molar refractivity (Wildman–Crippen MR) is 72.5 cm³/mol. The first-order valence-electron chi connectivity index (χ1n) is 6.19. The number of nitro benzene ring substituents is 1. The second kappa shape index (κ2) is 6.84. The van der Waals surface area contributed by atoms with Gasteiger partial charge in [-0.25, -0.2) is 0 Å². The van der Waals surface area contributed by atoms with Crippen LogP contribution in [0.5, 0.6) is 0 Å². The predicted octanol–water partition coefficient (Wildman–Crippen LogP) is 1.90. The van der Waals surface area contributed by atoms with Crippen molar-refractivity contribution in [2.75, 3.05) is 0 Å². The summed E-state index contributed by atoms with van der Waals surface area (Å²) in [6.07, 6.45) is 0.977. The SMILES string of the molecule is CC(N)CCC(=O)NC(C)c1cccc([N+](=O)[O-])c1. The van der Waals surface area contributed by atoms with Gasteiger partial charge in [-0.3, -0.25) is 14.9 Å². The highest BCUT2D eigenvalue weighted by molar-refractivity contribution is 5.76. The largest absolute Gasteiger partial charge is 0.350 e. The quantitative estimate of drug-likeness (QED) is 0.606. The molecule has 3 N–H and O–H groups in total. The van der Waals surface area contributed by atoms with Gasteiger partial charge >= 0.3 is 0 Å². The number of nitrogens with one attached hydrogen (secondary N) is 1. The Hall–Kier alpha value is -1.95. The van der Waals surface area contributed by atoms with E-state index in [1.165, 1.54) is 12.1 Å². The van der Waals surface area contributed by atoms with Crippen LogP contribution in [0.3, 0.4) is 0 Å². The molecule has 19 heavy (non-hydrogen) atoms. The molecule has 0 aliphatic rings. The van der Waals surface area contributed by atoms with Crippen LogP contribution in [0.15, 0.2) is 24.3 Å². The van der Waals surface area contributed by atoms with Crippen molar-refractivity contribution in [1.29, 1.82) is 0 Å². The van der Waals surface area contributed by atoms with E-state index in [1.807, 2.05) is 6.92 Å². The van der Waals surface area contributed by atoms with Gasteiger partial charge in [0.25, 0.3) is 5.69 Å². The minimum atomic E-state index is -0.450. The summed E-state index contributed by atoms with van der Waals surface area (Å²) in [4.78, 5) is 21.9. The number of nitrogens with two attached hydrogens (primary N) is 1. The highest BCUT2D eigenvalue weighted by atomic mass is 16.6. The van der Waals surface area contributed by atoms with Gasteiger partial charge in [0.1, 0.15) is 0 Å². The summed E-state index contributed by atoms with van der Waals surface area (Å²) in [5.74, 6) is -0.101. The average molecular weight is 265 g/mol. The van der Waals surface area contributed by atoms with Crippen molar-refractivity contribution in [2.24, 2.45) is 5.73 Å². The number of nitrogens with zero attached hydrogens (tertiary/aromatic N) is 1. The molecule has 6 nitrogen and oxygen atoms in total. The Kier molecular flexibility index (Phi) is 5.44. The fraction of sp³-hybridized carbons (Fsp3) is 0.462. The van der Waals surface area contributed by atoms with Crippen LogP contribution in [0.2, 0.25) is 0 Å². The van der Waals surface area contributed by atoms with Crippen LogP contribution in [-0.4, -0.2) is 16.9 Å². The summed E-state index contributed by atoms with van der Waals surface area (Å²) in [6, 6.07) is 5.98. The van der Waals surface area contributed by atoms with Gasteiger partial charge in [-0.2, -0.15) is 0 Å². The lowest BCUT2D eigenvalue weighted by atomic mass is 10.1. The molecule has 104 valence electrons. The zero-order valence-corrected chi connectivity index (χ0v) is 11.1. The summed E-state index contributed by atoms with van der Waals surface area (Å²) in [5.41, 5.74) is 6.31. The Balaban J connectivity index is 2.62. The molecular weight excluding hydrogens is 246 g/mol. The van der Waals surface area contributed by atoms with Crippen LogP contribution in [0, 0.1) is 10.1 Å². The fourth-order valence-electron chi connectivity index (χ4n) is 1.66. The third-order valence-electron chi connectivity index (χ3n) is 2.79. The first-order valence-corrected chi connectivity index (χ1v) is 6.19. The topological polar surface area (TPSA) is 98.3 Å². The van der Waals surface area contributed by atoms with Crippen molar-refractivity contribution in [1.82, 2.24) is 5.32 Å². The molecule has 2 atom stereocenters. The van der Waals surface area contributed by atoms with Crippen molar-refractivity contribution in [3.63, 3.8) is 0 Å². The monoisotopic (exact) mass is 265 g/mol. The zero-order valence-electron chi connectivity index (χ0n) is 11.1. The number of hydrogen-bond donors (Lipinski definition) is 2. The molecule has 2 unspecified atom stereocenters. The van der Waals surface area contributed by atoms with Crippen molar-refractivity contribution in [3.8, 4) is 0 Å². The van der Waals surface area contributed by atoms with E-state index in [0.29, 0.717) is 18.4 Å². The van der Waals surface area contributed by atoms with Gasteiger partial charge in [0, 0.05) is 24.6 Å². The van der Waals surface area contributed by atoms with Crippen molar-refractivity contribution in [2.45, 2.75) is 38.8 Å². The van der Waals surface area contributed by atoms with E-state index in [0.717, 1.165) is 0 Å². The van der Waals surface area contributed by atoms with E-state index >= 15 is 0 Å². The molecule has 1 aromatic rings. The minimum Gasteiger partial charge on any atom is -0.350 e. The van der Waals surface area contributed by atoms with Crippen LogP contribution in [0.25, 0.3) is 0 Å². The first kappa shape index (κ1) is 15.1. The third-order valence-corrected chi connectivity index (χ3v) is 2.79. The van der Waals surface area contributed by atoms with Crippen molar-refractivity contribution >= 4 is 11.6 Å². The molecule has 0 fully saturated rings. The fourth-order valence-corrected chi connectivity index (χ4v) is 1.66. The number of non-ortho nitro benzene ring substituents is 1. The van der Waals surface area contributed by atoms with Gasteiger partial charge < -0.3 is 11.1 Å². The summed E-state index contributed by atoms with van der Waals surface area (Å²) in [5, 5.41) is 13.5. The van der Waals surface area contributed by atoms with Crippen molar-refractivity contribution < 1.29 is 9.72 Å². The van der Waals surface area contributed by atoms with E-state index < -0.39 is 4.92 Å². The van der Waals surface area contributed by atoms with Crippen LogP contribution < -0.4 is 11.1 Å². The summed E-state index contributed by atoms with van der Waals surface area (Å²) in [7, 11) is 0. The van der Waals surface area contributed by atoms with E-state index in [1.54, 1.807) is 19.1 Å². The van der Waals surface area contributed by atoms with Gasteiger partial charge in [-0.1, -0.05) is 12.1 Å². The number of nitro groups is 1. The summed E-state index contributed by atoms with van der Waals surface area (Å²) < 4.78 is 0. The molecule has 0 aromatic heterocycles. The molecular formula is C13H19N3O3. The Morgan fingerprint density at radius 1 is 1.47 bits per heavy atom. The second-order valence-corrected chi connectivity index (χ2v) is 4.66. The average Bonchev–Trinajstić information content (AvgIpc) is 2.36. The molecule has 6 heteroatoms. The zero-order chi connectivity index (χ0) is 14.4. The first-order chi connectivity index (χ1) is 8.90. The molecule has 1 rings (SSSR count). The molecule has 0 saturated heterocycles. The molecule has 0 aliphatic heterocycles. The smallest absolute Gasteiger partial charge is 0.269 e. The number of hydrogen-bond acceptors (Lipinski definition) is 4. The Morgan fingerprint density at radius 3 is 2.74 bits per heavy atom. The summed E-state index contributed by atoms with van der Waals surface area (Å²) in [6.45, 7) is 3.64. The highest BCUT2D eigenvalue weighted by Crippen LogP contribution is 2.19. The van der Waals surface area contributed by atoms with Crippen LogP contribution in [0.1, 0.15) is 38.3 Å². The maximum Gasteiger partial charge on any atom is 0.269 e. The van der Waals surface area contributed by atoms with E-state index in [2.05, 4.69) is 5.32 Å². The van der Waals surface area contributed by atoms with Gasteiger partial charge in [-0.05, 0) is 25.8 Å². The third kappa shape index (κ3) is 5.05. The maximum atomic E-state index is 11.6. The maximum absolute atomic E-state index is 11.6. The Bertz CT molecular complexity index is 460. The van der Waals surface area contributed by atoms with E-state index in [-0.39, 0.29) is 23.7 Å². The van der Waals surface area contributed by atoms with Crippen LogP contribution >= 0.6 is 0 Å². The lowest BCUT2D eigenvalue weighted by Gasteiger charge is -2.14. The van der Waals surface area contributed by atoms with Crippen LogP contribution in [-0.2, 0) is 4.79 Å². The molecule has 0 heterocycles. The molecule has 0 saturated carbocycles. The molecule has 0 spiro atoms. The van der Waals surface area contributed by atoms with Gasteiger partial charge in [0.05, 0.1) is 11.0 Å².